The summed E-state index contributed by atoms with van der Waals surface area (Å²) in [5.74, 6) is 0. The lowest BCUT2D eigenvalue weighted by molar-refractivity contribution is 0.150. The molecule has 0 fully saturated rings. The van der Waals surface area contributed by atoms with Crippen LogP contribution in [0.3, 0.4) is 0 Å². The molecule has 0 saturated carbocycles. The molecule has 0 bridgehead atoms. The van der Waals surface area contributed by atoms with Gasteiger partial charge in [0, 0.05) is 0 Å². The number of halogens is 4. The van der Waals surface area contributed by atoms with Crippen LogP contribution in [0, 0.1) is 3.70 Å². The van der Waals surface area contributed by atoms with Gasteiger partial charge in [0.25, 0.3) is 6.43 Å². The number of alkyl halides is 2. The predicted octanol–water partition coefficient (Wildman–Crippen LogP) is 3.83. The summed E-state index contributed by atoms with van der Waals surface area (Å²) in [4.78, 5) is 0. The van der Waals surface area contributed by atoms with E-state index in [9.17, 15) is 8.78 Å². The van der Waals surface area contributed by atoms with Crippen LogP contribution in [-0.2, 0) is 5.54 Å². The summed E-state index contributed by atoms with van der Waals surface area (Å²) in [6.45, 7) is 5.65. The minimum atomic E-state index is -2.58. The lowest BCUT2D eigenvalue weighted by Gasteiger charge is -2.20. The summed E-state index contributed by atoms with van der Waals surface area (Å²) in [6, 6.07) is 0. The molecule has 0 saturated heterocycles. The van der Waals surface area contributed by atoms with Gasteiger partial charge < -0.3 is 0 Å². The van der Waals surface area contributed by atoms with E-state index in [0.29, 0.717) is 3.70 Å². The molecule has 0 amide bonds. The Morgan fingerprint density at radius 3 is 2.14 bits per heavy atom. The van der Waals surface area contributed by atoms with Crippen LogP contribution in [0.4, 0.5) is 8.78 Å². The summed E-state index contributed by atoms with van der Waals surface area (Å²) in [6.07, 6.45) is -2.58. The molecule has 0 N–H and O–H groups in total. The van der Waals surface area contributed by atoms with Gasteiger partial charge in [0.1, 0.15) is 3.70 Å². The fraction of sp³-hybridized carbons (Fsp3) is 0.625. The minimum absolute atomic E-state index is 0.112. The zero-order chi connectivity index (χ0) is 11.1. The van der Waals surface area contributed by atoms with E-state index in [2.05, 4.69) is 5.10 Å². The molecule has 1 aromatic rings. The maximum Gasteiger partial charge on any atom is 0.269 e. The molecule has 0 aromatic carbocycles. The van der Waals surface area contributed by atoms with Crippen molar-refractivity contribution in [1.29, 1.82) is 0 Å². The van der Waals surface area contributed by atoms with Gasteiger partial charge in [0.05, 0.1) is 11.1 Å². The first-order chi connectivity index (χ1) is 6.25. The second-order valence-electron chi connectivity index (χ2n) is 3.88. The van der Waals surface area contributed by atoms with Crippen molar-refractivity contribution in [3.8, 4) is 0 Å². The van der Waals surface area contributed by atoms with Crippen LogP contribution in [0.2, 0.25) is 5.15 Å². The first-order valence-corrected chi connectivity index (χ1v) is 5.43. The van der Waals surface area contributed by atoms with E-state index in [1.54, 1.807) is 0 Å². The highest BCUT2D eigenvalue weighted by molar-refractivity contribution is 14.1. The monoisotopic (exact) mass is 334 g/mol. The van der Waals surface area contributed by atoms with Gasteiger partial charge in [-0.3, -0.25) is 4.68 Å². The average Bonchev–Trinajstić information content (AvgIpc) is 2.24. The first kappa shape index (κ1) is 12.2. The van der Waals surface area contributed by atoms with Gasteiger partial charge in [-0.1, -0.05) is 11.6 Å². The first-order valence-electron chi connectivity index (χ1n) is 3.97. The summed E-state index contributed by atoms with van der Waals surface area (Å²) < 4.78 is 27.0. The van der Waals surface area contributed by atoms with E-state index in [1.165, 1.54) is 4.68 Å². The highest BCUT2D eigenvalue weighted by Gasteiger charge is 2.27. The fourth-order valence-corrected chi connectivity index (χ4v) is 2.74. The van der Waals surface area contributed by atoms with Gasteiger partial charge in [-0.25, -0.2) is 8.78 Å². The Morgan fingerprint density at radius 2 is 1.93 bits per heavy atom. The second-order valence-corrected chi connectivity index (χ2v) is 5.26. The lowest BCUT2D eigenvalue weighted by Crippen LogP contribution is -2.24. The molecule has 1 aromatic heterocycles. The highest BCUT2D eigenvalue weighted by Crippen LogP contribution is 2.33. The van der Waals surface area contributed by atoms with E-state index < -0.39 is 6.43 Å². The molecule has 80 valence electrons. The molecule has 0 atom stereocenters. The predicted molar refractivity (Wildman–Crippen MR) is 59.9 cm³/mol. The largest absolute Gasteiger partial charge is 0.269 e. The third-order valence-electron chi connectivity index (χ3n) is 1.67. The Balaban J connectivity index is 3.31. The maximum absolute atomic E-state index is 12.5. The van der Waals surface area contributed by atoms with Crippen LogP contribution in [0.5, 0.6) is 0 Å². The zero-order valence-corrected chi connectivity index (χ0v) is 10.9. The van der Waals surface area contributed by atoms with Crippen molar-refractivity contribution >= 4 is 34.2 Å². The average molecular weight is 335 g/mol. The number of hydrogen-bond donors (Lipinski definition) is 0. The Morgan fingerprint density at radius 1 is 1.43 bits per heavy atom. The number of rotatable bonds is 1. The molecule has 0 unspecified atom stereocenters. The van der Waals surface area contributed by atoms with Crippen molar-refractivity contribution in [2.75, 3.05) is 0 Å². The highest BCUT2D eigenvalue weighted by atomic mass is 127. The summed E-state index contributed by atoms with van der Waals surface area (Å²) in [5, 5.41) is 3.79. The molecular formula is C8H10ClF2IN2. The second kappa shape index (κ2) is 3.92. The number of aromatic nitrogens is 2. The lowest BCUT2D eigenvalue weighted by atomic mass is 10.1. The summed E-state index contributed by atoms with van der Waals surface area (Å²) in [7, 11) is 0. The van der Waals surface area contributed by atoms with Gasteiger partial charge in [0.2, 0.25) is 0 Å². The van der Waals surface area contributed by atoms with E-state index in [4.69, 9.17) is 11.6 Å². The molecule has 0 aliphatic heterocycles. The molecule has 0 radical (unpaired) electrons. The topological polar surface area (TPSA) is 17.8 Å². The standard InChI is InChI=1S/C8H10ClF2IN2/c1-8(2,3)14-7(12)4(6(10)11)5(9)13-14/h6H,1-3H3. The normalized spacial score (nSPS) is 12.6. The van der Waals surface area contributed by atoms with Crippen molar-refractivity contribution in [3.05, 3.63) is 14.4 Å². The van der Waals surface area contributed by atoms with E-state index >= 15 is 0 Å². The Kier molecular flexibility index (Phi) is 3.41. The summed E-state index contributed by atoms with van der Waals surface area (Å²) in [5.41, 5.74) is -0.519. The quantitative estimate of drug-likeness (QED) is 0.714. The van der Waals surface area contributed by atoms with Crippen molar-refractivity contribution in [2.45, 2.75) is 32.7 Å². The van der Waals surface area contributed by atoms with Crippen molar-refractivity contribution in [2.24, 2.45) is 0 Å². The number of nitrogens with zero attached hydrogens (tertiary/aromatic N) is 2. The molecule has 1 rings (SSSR count). The van der Waals surface area contributed by atoms with Crippen LogP contribution in [-0.4, -0.2) is 9.78 Å². The Hall–Kier alpha value is 0.0900. The molecule has 0 aliphatic rings. The molecule has 6 heteroatoms. The van der Waals surface area contributed by atoms with E-state index in [1.807, 2.05) is 43.4 Å². The fourth-order valence-electron chi connectivity index (χ4n) is 1.01. The Bertz CT molecular complexity index is 344. The number of hydrogen-bond acceptors (Lipinski definition) is 1. The molecular weight excluding hydrogens is 324 g/mol. The molecule has 0 spiro atoms. The van der Waals surface area contributed by atoms with Gasteiger partial charge in [-0.2, -0.15) is 5.10 Å². The van der Waals surface area contributed by atoms with Gasteiger partial charge >= 0.3 is 0 Å². The van der Waals surface area contributed by atoms with Crippen LogP contribution in [0.15, 0.2) is 0 Å². The van der Waals surface area contributed by atoms with E-state index in [0.717, 1.165) is 0 Å². The smallest absolute Gasteiger partial charge is 0.252 e. The van der Waals surface area contributed by atoms with Crippen LogP contribution >= 0.6 is 34.2 Å². The molecule has 2 nitrogen and oxygen atoms in total. The SMILES string of the molecule is CC(C)(C)n1nc(Cl)c(C(F)F)c1I. The molecule has 1 heterocycles. The molecule has 14 heavy (non-hydrogen) atoms. The third kappa shape index (κ3) is 2.18. The van der Waals surface area contributed by atoms with Crippen LogP contribution < -0.4 is 0 Å². The maximum atomic E-state index is 12.5. The third-order valence-corrected chi connectivity index (χ3v) is 2.99. The van der Waals surface area contributed by atoms with Gasteiger partial charge in [-0.05, 0) is 43.4 Å². The van der Waals surface area contributed by atoms with E-state index in [-0.39, 0.29) is 16.3 Å². The minimum Gasteiger partial charge on any atom is -0.252 e. The summed E-state index contributed by atoms with van der Waals surface area (Å²) >= 11 is 7.47. The van der Waals surface area contributed by atoms with Crippen molar-refractivity contribution in [3.63, 3.8) is 0 Å². The zero-order valence-electron chi connectivity index (χ0n) is 7.98. The van der Waals surface area contributed by atoms with Crippen molar-refractivity contribution in [1.82, 2.24) is 9.78 Å². The Labute approximate surface area is 99.8 Å². The van der Waals surface area contributed by atoms with Crippen molar-refractivity contribution < 1.29 is 8.78 Å². The van der Waals surface area contributed by atoms with Crippen LogP contribution in [0.25, 0.3) is 0 Å². The van der Waals surface area contributed by atoms with Gasteiger partial charge in [-0.15, -0.1) is 0 Å². The van der Waals surface area contributed by atoms with Crippen LogP contribution in [0.1, 0.15) is 32.8 Å². The molecule has 0 aliphatic carbocycles. The van der Waals surface area contributed by atoms with Gasteiger partial charge in [0.15, 0.2) is 5.15 Å².